The third kappa shape index (κ3) is 2.71. The SMILES string of the molecule is CC1CNCCC1c1ccc(F)c(F)c1.Cl. The van der Waals surface area contributed by atoms with Crippen LogP contribution in [0.1, 0.15) is 24.8 Å². The molecule has 4 heteroatoms. The lowest BCUT2D eigenvalue weighted by Gasteiger charge is -2.29. The molecule has 1 aromatic rings. The predicted octanol–water partition coefficient (Wildman–Crippen LogP) is 3.10. The summed E-state index contributed by atoms with van der Waals surface area (Å²) in [6, 6.07) is 4.26. The quantitative estimate of drug-likeness (QED) is 0.804. The van der Waals surface area contributed by atoms with Gasteiger partial charge in [0.1, 0.15) is 0 Å². The zero-order valence-electron chi connectivity index (χ0n) is 9.17. The van der Waals surface area contributed by atoms with Gasteiger partial charge in [-0.15, -0.1) is 12.4 Å². The van der Waals surface area contributed by atoms with E-state index in [2.05, 4.69) is 12.2 Å². The summed E-state index contributed by atoms with van der Waals surface area (Å²) in [7, 11) is 0. The van der Waals surface area contributed by atoms with Crippen LogP contribution in [0, 0.1) is 17.6 Å². The normalized spacial score (nSPS) is 24.9. The summed E-state index contributed by atoms with van der Waals surface area (Å²) in [5.74, 6) is -0.677. The van der Waals surface area contributed by atoms with Crippen molar-refractivity contribution in [3.63, 3.8) is 0 Å². The Morgan fingerprint density at radius 3 is 2.62 bits per heavy atom. The molecule has 0 bridgehead atoms. The van der Waals surface area contributed by atoms with Crippen LogP contribution in [0.5, 0.6) is 0 Å². The van der Waals surface area contributed by atoms with Crippen molar-refractivity contribution in [2.45, 2.75) is 19.3 Å². The van der Waals surface area contributed by atoms with Gasteiger partial charge in [0.2, 0.25) is 0 Å². The second-order valence-electron chi connectivity index (χ2n) is 4.25. The van der Waals surface area contributed by atoms with Gasteiger partial charge in [0.05, 0.1) is 0 Å². The molecule has 0 saturated carbocycles. The van der Waals surface area contributed by atoms with E-state index in [1.165, 1.54) is 12.1 Å². The van der Waals surface area contributed by atoms with Crippen molar-refractivity contribution in [2.75, 3.05) is 13.1 Å². The standard InChI is InChI=1S/C12H15F2N.ClH/c1-8-7-15-5-4-10(8)9-2-3-11(13)12(14)6-9;/h2-3,6,8,10,15H,4-5,7H2,1H3;1H. The lowest BCUT2D eigenvalue weighted by atomic mass is 9.82. The average Bonchev–Trinajstić information content (AvgIpc) is 2.23. The summed E-state index contributed by atoms with van der Waals surface area (Å²) >= 11 is 0. The monoisotopic (exact) mass is 247 g/mol. The van der Waals surface area contributed by atoms with Crippen LogP contribution in [-0.4, -0.2) is 13.1 Å². The van der Waals surface area contributed by atoms with Crippen LogP contribution in [0.25, 0.3) is 0 Å². The minimum atomic E-state index is -0.764. The maximum Gasteiger partial charge on any atom is 0.159 e. The summed E-state index contributed by atoms with van der Waals surface area (Å²) in [4.78, 5) is 0. The van der Waals surface area contributed by atoms with Crippen molar-refractivity contribution < 1.29 is 8.78 Å². The van der Waals surface area contributed by atoms with Crippen molar-refractivity contribution in [2.24, 2.45) is 5.92 Å². The molecule has 1 N–H and O–H groups in total. The molecule has 1 saturated heterocycles. The minimum absolute atomic E-state index is 0. The van der Waals surface area contributed by atoms with E-state index >= 15 is 0 Å². The second-order valence-corrected chi connectivity index (χ2v) is 4.25. The fourth-order valence-corrected chi connectivity index (χ4v) is 2.25. The van der Waals surface area contributed by atoms with Crippen LogP contribution in [0.2, 0.25) is 0 Å². The molecule has 1 aliphatic rings. The van der Waals surface area contributed by atoms with E-state index in [0.717, 1.165) is 25.1 Å². The Morgan fingerprint density at radius 1 is 1.25 bits per heavy atom. The van der Waals surface area contributed by atoms with E-state index in [0.29, 0.717) is 11.8 Å². The number of rotatable bonds is 1. The first-order valence-corrected chi connectivity index (χ1v) is 5.34. The minimum Gasteiger partial charge on any atom is -0.316 e. The van der Waals surface area contributed by atoms with E-state index in [1.807, 2.05) is 0 Å². The first kappa shape index (κ1) is 13.4. The van der Waals surface area contributed by atoms with Crippen LogP contribution < -0.4 is 5.32 Å². The van der Waals surface area contributed by atoms with Gasteiger partial charge in [0.15, 0.2) is 11.6 Å². The summed E-state index contributed by atoms with van der Waals surface area (Å²) < 4.78 is 25.8. The Balaban J connectivity index is 0.00000128. The topological polar surface area (TPSA) is 12.0 Å². The van der Waals surface area contributed by atoms with Crippen LogP contribution >= 0.6 is 12.4 Å². The van der Waals surface area contributed by atoms with Crippen LogP contribution in [0.15, 0.2) is 18.2 Å². The van der Waals surface area contributed by atoms with E-state index in [4.69, 9.17) is 0 Å². The Morgan fingerprint density at radius 2 is 2.00 bits per heavy atom. The molecule has 0 spiro atoms. The molecule has 1 fully saturated rings. The summed E-state index contributed by atoms with van der Waals surface area (Å²) in [5, 5.41) is 3.29. The number of hydrogen-bond acceptors (Lipinski definition) is 1. The van der Waals surface area contributed by atoms with Gasteiger partial charge in [-0.25, -0.2) is 8.78 Å². The summed E-state index contributed by atoms with van der Waals surface area (Å²) in [6.07, 6.45) is 0.992. The van der Waals surface area contributed by atoms with Gasteiger partial charge in [-0.05, 0) is 49.0 Å². The van der Waals surface area contributed by atoms with Gasteiger partial charge >= 0.3 is 0 Å². The molecular weight excluding hydrogens is 232 g/mol. The number of nitrogens with one attached hydrogen (secondary N) is 1. The molecule has 1 nitrogen and oxygen atoms in total. The molecule has 0 radical (unpaired) electrons. The van der Waals surface area contributed by atoms with Gasteiger partial charge in [-0.1, -0.05) is 13.0 Å². The Bertz CT molecular complexity index is 357. The largest absolute Gasteiger partial charge is 0.316 e. The van der Waals surface area contributed by atoms with E-state index in [9.17, 15) is 8.78 Å². The second kappa shape index (κ2) is 5.60. The highest BCUT2D eigenvalue weighted by atomic mass is 35.5. The highest BCUT2D eigenvalue weighted by Crippen LogP contribution is 2.30. The molecule has 2 atom stereocenters. The molecule has 2 unspecified atom stereocenters. The van der Waals surface area contributed by atoms with E-state index < -0.39 is 11.6 Å². The molecule has 90 valence electrons. The average molecular weight is 248 g/mol. The molecule has 0 amide bonds. The molecule has 0 aromatic heterocycles. The van der Waals surface area contributed by atoms with Gasteiger partial charge in [0.25, 0.3) is 0 Å². The highest BCUT2D eigenvalue weighted by molar-refractivity contribution is 5.85. The Hall–Kier alpha value is -0.670. The van der Waals surface area contributed by atoms with E-state index in [1.54, 1.807) is 6.07 Å². The fourth-order valence-electron chi connectivity index (χ4n) is 2.25. The number of halogens is 3. The lowest BCUT2D eigenvalue weighted by Crippen LogP contribution is -2.33. The fraction of sp³-hybridized carbons (Fsp3) is 0.500. The number of benzene rings is 1. The van der Waals surface area contributed by atoms with Crippen molar-refractivity contribution in [3.05, 3.63) is 35.4 Å². The van der Waals surface area contributed by atoms with Crippen LogP contribution in [0.3, 0.4) is 0 Å². The first-order chi connectivity index (χ1) is 7.18. The van der Waals surface area contributed by atoms with Gasteiger partial charge in [0, 0.05) is 0 Å². The molecule has 1 aromatic carbocycles. The molecule has 0 aliphatic carbocycles. The summed E-state index contributed by atoms with van der Waals surface area (Å²) in [6.45, 7) is 4.04. The van der Waals surface area contributed by atoms with Crippen molar-refractivity contribution in [1.82, 2.24) is 5.32 Å². The van der Waals surface area contributed by atoms with Gasteiger partial charge in [-0.2, -0.15) is 0 Å². The highest BCUT2D eigenvalue weighted by Gasteiger charge is 2.23. The molecular formula is C12H16ClF2N. The maximum absolute atomic E-state index is 13.1. The Labute approximate surface area is 101 Å². The summed E-state index contributed by atoms with van der Waals surface area (Å²) in [5.41, 5.74) is 0.919. The maximum atomic E-state index is 13.1. The van der Waals surface area contributed by atoms with Crippen LogP contribution in [0.4, 0.5) is 8.78 Å². The van der Waals surface area contributed by atoms with Crippen LogP contribution in [-0.2, 0) is 0 Å². The van der Waals surface area contributed by atoms with E-state index in [-0.39, 0.29) is 12.4 Å². The smallest absolute Gasteiger partial charge is 0.159 e. The number of piperidine rings is 1. The van der Waals surface area contributed by atoms with Crippen molar-refractivity contribution in [1.29, 1.82) is 0 Å². The lowest BCUT2D eigenvalue weighted by molar-refractivity contribution is 0.348. The van der Waals surface area contributed by atoms with Gasteiger partial charge in [-0.3, -0.25) is 0 Å². The molecule has 16 heavy (non-hydrogen) atoms. The molecule has 1 heterocycles. The van der Waals surface area contributed by atoms with Crippen molar-refractivity contribution in [3.8, 4) is 0 Å². The third-order valence-electron chi connectivity index (χ3n) is 3.16. The van der Waals surface area contributed by atoms with Crippen molar-refractivity contribution >= 4 is 12.4 Å². The Kier molecular flexibility index (Phi) is 4.69. The predicted molar refractivity (Wildman–Crippen MR) is 63.0 cm³/mol. The molecule has 2 rings (SSSR count). The zero-order valence-corrected chi connectivity index (χ0v) is 9.99. The molecule has 1 aliphatic heterocycles. The van der Waals surface area contributed by atoms with Gasteiger partial charge < -0.3 is 5.32 Å². The third-order valence-corrected chi connectivity index (χ3v) is 3.16. The zero-order chi connectivity index (χ0) is 10.8. The first-order valence-electron chi connectivity index (χ1n) is 5.34. The number of hydrogen-bond donors (Lipinski definition) is 1.